The molecule has 0 aromatic heterocycles. The van der Waals surface area contributed by atoms with Gasteiger partial charge in [-0.15, -0.1) is 6.58 Å². The van der Waals surface area contributed by atoms with Crippen LogP contribution in [0.3, 0.4) is 0 Å². The predicted octanol–water partition coefficient (Wildman–Crippen LogP) is 5.18. The van der Waals surface area contributed by atoms with Crippen LogP contribution in [-0.2, 0) is 4.79 Å². The molecule has 0 aliphatic heterocycles. The van der Waals surface area contributed by atoms with Gasteiger partial charge in [-0.3, -0.25) is 4.79 Å². The Bertz CT molecular complexity index is 532. The van der Waals surface area contributed by atoms with Crippen molar-refractivity contribution in [3.63, 3.8) is 0 Å². The van der Waals surface area contributed by atoms with Crippen LogP contribution < -0.4 is 0 Å². The topological polar surface area (TPSA) is 17.1 Å². The monoisotopic (exact) mass is 298 g/mol. The fourth-order valence-corrected chi connectivity index (χ4v) is 6.86. The Morgan fingerprint density at radius 1 is 1.18 bits per heavy atom. The summed E-state index contributed by atoms with van der Waals surface area (Å²) >= 11 is 0. The van der Waals surface area contributed by atoms with Gasteiger partial charge in [0, 0.05) is 5.41 Å². The van der Waals surface area contributed by atoms with E-state index in [2.05, 4.69) is 32.6 Å². The molecule has 3 fully saturated rings. The molecule has 0 heterocycles. The first-order chi connectivity index (χ1) is 10.5. The molecule has 1 heteroatoms. The Balaban J connectivity index is 1.66. The normalized spacial score (nSPS) is 53.5. The lowest BCUT2D eigenvalue weighted by atomic mass is 9.45. The predicted molar refractivity (Wildman–Crippen MR) is 90.3 cm³/mol. The molecule has 0 aromatic carbocycles. The van der Waals surface area contributed by atoms with Gasteiger partial charge in [-0.1, -0.05) is 32.4 Å². The third-order valence-electron chi connectivity index (χ3n) is 8.07. The van der Waals surface area contributed by atoms with Crippen molar-refractivity contribution >= 4 is 5.78 Å². The van der Waals surface area contributed by atoms with E-state index in [9.17, 15) is 4.79 Å². The highest BCUT2D eigenvalue weighted by Crippen LogP contribution is 2.64. The summed E-state index contributed by atoms with van der Waals surface area (Å²) in [4.78, 5) is 12.3. The molecule has 120 valence electrons. The first-order valence-corrected chi connectivity index (χ1v) is 9.36. The van der Waals surface area contributed by atoms with Crippen LogP contribution >= 0.6 is 0 Å². The van der Waals surface area contributed by atoms with Crippen molar-refractivity contribution in [2.45, 2.75) is 58.8 Å². The number of rotatable bonds is 1. The van der Waals surface area contributed by atoms with E-state index in [4.69, 9.17) is 0 Å². The molecular formula is C21H30O. The van der Waals surface area contributed by atoms with Gasteiger partial charge in [-0.25, -0.2) is 0 Å². The number of allylic oxidation sites excluding steroid dienone is 3. The second-order valence-corrected chi connectivity index (χ2v) is 9.00. The fourth-order valence-electron chi connectivity index (χ4n) is 6.86. The molecule has 0 saturated heterocycles. The van der Waals surface area contributed by atoms with Crippen molar-refractivity contribution in [2.24, 2.45) is 40.4 Å². The summed E-state index contributed by atoms with van der Waals surface area (Å²) in [6.07, 6.45) is 15.6. The zero-order valence-corrected chi connectivity index (χ0v) is 14.2. The highest BCUT2D eigenvalue weighted by atomic mass is 16.1. The van der Waals surface area contributed by atoms with Crippen LogP contribution in [-0.4, -0.2) is 5.78 Å². The molecule has 4 aliphatic rings. The van der Waals surface area contributed by atoms with E-state index in [1.807, 2.05) is 6.08 Å². The molecule has 0 spiro atoms. The summed E-state index contributed by atoms with van der Waals surface area (Å²) < 4.78 is 0. The van der Waals surface area contributed by atoms with Gasteiger partial charge in [0.25, 0.3) is 0 Å². The fraction of sp³-hybridized carbons (Fsp3) is 0.762. The lowest BCUT2D eigenvalue weighted by molar-refractivity contribution is -0.132. The van der Waals surface area contributed by atoms with Crippen LogP contribution in [0.15, 0.2) is 24.8 Å². The van der Waals surface area contributed by atoms with Crippen molar-refractivity contribution in [1.29, 1.82) is 0 Å². The van der Waals surface area contributed by atoms with Gasteiger partial charge in [-0.05, 0) is 79.6 Å². The Labute approximate surface area is 135 Å². The average molecular weight is 298 g/mol. The van der Waals surface area contributed by atoms with Gasteiger partial charge in [0.2, 0.25) is 0 Å². The van der Waals surface area contributed by atoms with Gasteiger partial charge in [-0.2, -0.15) is 0 Å². The standard InChI is InChI=1S/C21H30O/c1-4-21-12-10-15-16(18(21)6-5-14(2)13-21)9-11-20(3)17(15)7-8-19(20)22/h4,7-8,14-18H,1,5-6,9-13H2,2-3H3/t14-,15+,16?,17?,18+,20-,21+/m0/s1. The summed E-state index contributed by atoms with van der Waals surface area (Å²) in [7, 11) is 0. The van der Waals surface area contributed by atoms with Crippen LogP contribution in [0, 0.1) is 40.4 Å². The summed E-state index contributed by atoms with van der Waals surface area (Å²) in [6, 6.07) is 0. The Morgan fingerprint density at radius 2 is 1.95 bits per heavy atom. The van der Waals surface area contributed by atoms with E-state index in [1.165, 1.54) is 38.5 Å². The second-order valence-electron chi connectivity index (χ2n) is 9.00. The van der Waals surface area contributed by atoms with E-state index in [-0.39, 0.29) is 5.41 Å². The van der Waals surface area contributed by atoms with Gasteiger partial charge < -0.3 is 0 Å². The average Bonchev–Trinajstić information content (AvgIpc) is 2.82. The minimum absolute atomic E-state index is 0.0721. The lowest BCUT2D eigenvalue weighted by Gasteiger charge is -2.59. The van der Waals surface area contributed by atoms with Gasteiger partial charge in [0.1, 0.15) is 0 Å². The van der Waals surface area contributed by atoms with Gasteiger partial charge in [0.05, 0.1) is 0 Å². The Morgan fingerprint density at radius 3 is 2.73 bits per heavy atom. The molecule has 3 saturated carbocycles. The third-order valence-corrected chi connectivity index (χ3v) is 8.07. The quantitative estimate of drug-likeness (QED) is 0.610. The number of hydrogen-bond acceptors (Lipinski definition) is 1. The van der Waals surface area contributed by atoms with Crippen LogP contribution in [0.2, 0.25) is 0 Å². The van der Waals surface area contributed by atoms with Crippen molar-refractivity contribution in [3.8, 4) is 0 Å². The SMILES string of the molecule is C=C[C@]12CC[C@@H]3C(CC[C@]4(C)C(=O)C=CC34)[C@H]1CC[C@H](C)C2. The molecule has 0 N–H and O–H groups in total. The first-order valence-electron chi connectivity index (χ1n) is 9.36. The number of carbonyl (C=O) groups excluding carboxylic acids is 1. The maximum atomic E-state index is 12.3. The molecule has 4 rings (SSSR count). The Hall–Kier alpha value is -0.850. The molecule has 1 nitrogen and oxygen atoms in total. The van der Waals surface area contributed by atoms with E-state index < -0.39 is 0 Å². The Kier molecular flexibility index (Phi) is 3.23. The highest BCUT2D eigenvalue weighted by Gasteiger charge is 2.58. The molecule has 2 unspecified atom stereocenters. The van der Waals surface area contributed by atoms with Crippen LogP contribution in [0.1, 0.15) is 58.8 Å². The molecule has 0 bridgehead atoms. The zero-order valence-electron chi connectivity index (χ0n) is 14.2. The van der Waals surface area contributed by atoms with E-state index >= 15 is 0 Å². The number of hydrogen-bond donors (Lipinski definition) is 0. The summed E-state index contributed by atoms with van der Waals surface area (Å²) in [6.45, 7) is 8.91. The molecule has 0 radical (unpaired) electrons. The van der Waals surface area contributed by atoms with Crippen LogP contribution in [0.4, 0.5) is 0 Å². The molecule has 0 amide bonds. The molecule has 22 heavy (non-hydrogen) atoms. The zero-order chi connectivity index (χ0) is 15.5. The van der Waals surface area contributed by atoms with Crippen LogP contribution in [0.5, 0.6) is 0 Å². The van der Waals surface area contributed by atoms with E-state index in [0.29, 0.717) is 17.1 Å². The van der Waals surface area contributed by atoms with Crippen molar-refractivity contribution in [1.82, 2.24) is 0 Å². The smallest absolute Gasteiger partial charge is 0.161 e. The van der Waals surface area contributed by atoms with Crippen LogP contribution in [0.25, 0.3) is 0 Å². The first kappa shape index (κ1) is 14.7. The van der Waals surface area contributed by atoms with Crippen molar-refractivity contribution in [2.75, 3.05) is 0 Å². The van der Waals surface area contributed by atoms with Gasteiger partial charge in [0.15, 0.2) is 5.78 Å². The second kappa shape index (κ2) is 4.82. The molecule has 7 atom stereocenters. The maximum Gasteiger partial charge on any atom is 0.161 e. The van der Waals surface area contributed by atoms with Crippen molar-refractivity contribution in [3.05, 3.63) is 24.8 Å². The summed E-state index contributed by atoms with van der Waals surface area (Å²) in [5.74, 6) is 4.16. The maximum absolute atomic E-state index is 12.3. The van der Waals surface area contributed by atoms with Gasteiger partial charge >= 0.3 is 0 Å². The van der Waals surface area contributed by atoms with E-state index in [0.717, 1.165) is 30.1 Å². The summed E-state index contributed by atoms with van der Waals surface area (Å²) in [5.41, 5.74) is 0.330. The minimum atomic E-state index is -0.0721. The third kappa shape index (κ3) is 1.80. The molecule has 0 aromatic rings. The molecule has 4 aliphatic carbocycles. The number of fused-ring (bicyclic) bond motifs is 5. The highest BCUT2D eigenvalue weighted by molar-refractivity contribution is 5.97. The lowest BCUT2D eigenvalue weighted by Crippen LogP contribution is -2.52. The number of carbonyl (C=O) groups is 1. The molecular weight excluding hydrogens is 268 g/mol. The minimum Gasteiger partial charge on any atom is -0.294 e. The summed E-state index contributed by atoms with van der Waals surface area (Å²) in [5, 5.41) is 0. The number of ketones is 1. The van der Waals surface area contributed by atoms with E-state index in [1.54, 1.807) is 0 Å². The largest absolute Gasteiger partial charge is 0.294 e. The van der Waals surface area contributed by atoms with Crippen molar-refractivity contribution < 1.29 is 4.79 Å².